The first-order valence-electron chi connectivity index (χ1n) is 8.11. The summed E-state index contributed by atoms with van der Waals surface area (Å²) in [5, 5.41) is 13.3. The Kier molecular flexibility index (Phi) is 5.28. The average molecular weight is 291 g/mol. The fraction of sp³-hybridized carbons (Fsp3) is 0.667. The van der Waals surface area contributed by atoms with Gasteiger partial charge in [0.15, 0.2) is 0 Å². The first kappa shape index (κ1) is 16.3. The zero-order chi connectivity index (χ0) is 15.5. The molecule has 1 atom stereocenters. The highest BCUT2D eigenvalue weighted by Crippen LogP contribution is 2.40. The second-order valence-corrected chi connectivity index (χ2v) is 6.59. The van der Waals surface area contributed by atoms with Gasteiger partial charge in [0, 0.05) is 0 Å². The summed E-state index contributed by atoms with van der Waals surface area (Å²) in [6, 6.07) is 6.42. The number of likely N-dealkylation sites (N-methyl/N-ethyl adjacent to an activating group) is 1. The van der Waals surface area contributed by atoms with E-state index in [4.69, 9.17) is 4.74 Å². The van der Waals surface area contributed by atoms with Crippen LogP contribution in [0.3, 0.4) is 0 Å². The third-order valence-corrected chi connectivity index (χ3v) is 4.53. The predicted molar refractivity (Wildman–Crippen MR) is 87.0 cm³/mol. The normalized spacial score (nSPS) is 17.8. The van der Waals surface area contributed by atoms with Crippen LogP contribution in [0.15, 0.2) is 18.2 Å². The molecule has 1 fully saturated rings. The van der Waals surface area contributed by atoms with Crippen LogP contribution in [-0.4, -0.2) is 30.4 Å². The lowest BCUT2D eigenvalue weighted by molar-refractivity contribution is 0.0860. The summed E-state index contributed by atoms with van der Waals surface area (Å²) in [6.07, 6.45) is 2.36. The topological polar surface area (TPSA) is 41.5 Å². The molecular formula is C18H29NO2. The highest BCUT2D eigenvalue weighted by Gasteiger charge is 2.45. The summed E-state index contributed by atoms with van der Waals surface area (Å²) in [5.74, 6) is 1.97. The van der Waals surface area contributed by atoms with Gasteiger partial charge in [-0.1, -0.05) is 32.9 Å². The molecule has 1 unspecified atom stereocenters. The van der Waals surface area contributed by atoms with Crippen LogP contribution in [0.5, 0.6) is 5.75 Å². The van der Waals surface area contributed by atoms with Crippen molar-refractivity contribution in [1.82, 2.24) is 5.32 Å². The standard InChI is InChI=1S/C18H29NO2/c1-5-19-18(11-20,16-8-9-16)12-21-17-10-15(13(2)3)7-6-14(17)4/h6-7,10,13,16,19-20H,5,8-9,11-12H2,1-4H3. The van der Waals surface area contributed by atoms with E-state index in [9.17, 15) is 5.11 Å². The number of benzene rings is 1. The number of hydrogen-bond donors (Lipinski definition) is 2. The lowest BCUT2D eigenvalue weighted by atomic mass is 9.95. The molecule has 0 heterocycles. The molecule has 21 heavy (non-hydrogen) atoms. The minimum Gasteiger partial charge on any atom is -0.491 e. The number of aliphatic hydroxyl groups excluding tert-OH is 1. The fourth-order valence-electron chi connectivity index (χ4n) is 2.87. The molecule has 1 aliphatic rings. The summed E-state index contributed by atoms with van der Waals surface area (Å²) >= 11 is 0. The first-order chi connectivity index (χ1) is 10.0. The molecule has 0 aromatic heterocycles. The monoisotopic (exact) mass is 291 g/mol. The number of aliphatic hydroxyl groups is 1. The highest BCUT2D eigenvalue weighted by atomic mass is 16.5. The minimum atomic E-state index is -0.283. The summed E-state index contributed by atoms with van der Waals surface area (Å²) in [6.45, 7) is 10.1. The molecule has 0 amide bonds. The molecule has 2 N–H and O–H groups in total. The van der Waals surface area contributed by atoms with Gasteiger partial charge in [0.1, 0.15) is 12.4 Å². The fourth-order valence-corrected chi connectivity index (χ4v) is 2.87. The lowest BCUT2D eigenvalue weighted by Gasteiger charge is -2.33. The molecule has 1 aromatic carbocycles. The van der Waals surface area contributed by atoms with Gasteiger partial charge in [-0.2, -0.15) is 0 Å². The van der Waals surface area contributed by atoms with Crippen LogP contribution in [0.4, 0.5) is 0 Å². The van der Waals surface area contributed by atoms with Gasteiger partial charge in [0.2, 0.25) is 0 Å². The number of ether oxygens (including phenoxy) is 1. The molecule has 3 heteroatoms. The second kappa shape index (κ2) is 6.80. The van der Waals surface area contributed by atoms with Crippen molar-refractivity contribution < 1.29 is 9.84 Å². The molecule has 3 nitrogen and oxygen atoms in total. The van der Waals surface area contributed by atoms with Crippen LogP contribution in [-0.2, 0) is 0 Å². The molecule has 0 saturated heterocycles. The Morgan fingerprint density at radius 1 is 1.38 bits per heavy atom. The molecule has 1 aliphatic carbocycles. The molecule has 0 radical (unpaired) electrons. The Bertz CT molecular complexity index is 468. The number of nitrogens with one attached hydrogen (secondary N) is 1. The Labute approximate surface area is 128 Å². The van der Waals surface area contributed by atoms with E-state index < -0.39 is 0 Å². The summed E-state index contributed by atoms with van der Waals surface area (Å²) in [4.78, 5) is 0. The van der Waals surface area contributed by atoms with Gasteiger partial charge in [0.05, 0.1) is 12.1 Å². The summed E-state index contributed by atoms with van der Waals surface area (Å²) in [7, 11) is 0. The van der Waals surface area contributed by atoms with Crippen molar-refractivity contribution >= 4 is 0 Å². The maximum absolute atomic E-state index is 9.87. The zero-order valence-electron chi connectivity index (χ0n) is 13.8. The van der Waals surface area contributed by atoms with E-state index in [1.165, 1.54) is 18.4 Å². The Morgan fingerprint density at radius 2 is 2.10 bits per heavy atom. The van der Waals surface area contributed by atoms with Gasteiger partial charge >= 0.3 is 0 Å². The number of hydrogen-bond acceptors (Lipinski definition) is 3. The molecule has 0 bridgehead atoms. The predicted octanol–water partition coefficient (Wildman–Crippen LogP) is 3.25. The molecule has 118 valence electrons. The van der Waals surface area contributed by atoms with Gasteiger partial charge < -0.3 is 15.2 Å². The van der Waals surface area contributed by atoms with Crippen LogP contribution in [0.25, 0.3) is 0 Å². The van der Waals surface area contributed by atoms with Gasteiger partial charge in [0.25, 0.3) is 0 Å². The van der Waals surface area contributed by atoms with Crippen LogP contribution in [0.2, 0.25) is 0 Å². The average Bonchev–Trinajstić information content (AvgIpc) is 3.29. The van der Waals surface area contributed by atoms with Crippen molar-refractivity contribution in [2.24, 2.45) is 5.92 Å². The Balaban J connectivity index is 2.11. The summed E-state index contributed by atoms with van der Waals surface area (Å²) in [5.41, 5.74) is 2.16. The largest absolute Gasteiger partial charge is 0.491 e. The van der Waals surface area contributed by atoms with Crippen molar-refractivity contribution in [3.63, 3.8) is 0 Å². The third-order valence-electron chi connectivity index (χ3n) is 4.53. The Morgan fingerprint density at radius 3 is 2.62 bits per heavy atom. The number of aryl methyl sites for hydroxylation is 1. The Hall–Kier alpha value is -1.06. The minimum absolute atomic E-state index is 0.133. The molecule has 1 aromatic rings. The second-order valence-electron chi connectivity index (χ2n) is 6.59. The molecule has 2 rings (SSSR count). The van der Waals surface area contributed by atoms with Crippen molar-refractivity contribution in [3.05, 3.63) is 29.3 Å². The zero-order valence-corrected chi connectivity index (χ0v) is 13.8. The van der Waals surface area contributed by atoms with Crippen LogP contribution in [0.1, 0.15) is 50.7 Å². The van der Waals surface area contributed by atoms with E-state index in [1.54, 1.807) is 0 Å². The molecule has 1 saturated carbocycles. The molecular weight excluding hydrogens is 262 g/mol. The van der Waals surface area contributed by atoms with Crippen LogP contribution < -0.4 is 10.1 Å². The van der Waals surface area contributed by atoms with Crippen LogP contribution in [0, 0.1) is 12.8 Å². The maximum atomic E-state index is 9.87. The van der Waals surface area contributed by atoms with Crippen molar-refractivity contribution in [1.29, 1.82) is 0 Å². The van der Waals surface area contributed by atoms with E-state index in [1.807, 2.05) is 0 Å². The number of rotatable bonds is 8. The van der Waals surface area contributed by atoms with E-state index in [-0.39, 0.29) is 12.1 Å². The first-order valence-corrected chi connectivity index (χ1v) is 8.11. The van der Waals surface area contributed by atoms with E-state index in [2.05, 4.69) is 51.2 Å². The molecule has 0 spiro atoms. The van der Waals surface area contributed by atoms with Crippen molar-refractivity contribution in [2.75, 3.05) is 19.8 Å². The quantitative estimate of drug-likeness (QED) is 0.772. The van der Waals surface area contributed by atoms with Crippen molar-refractivity contribution in [2.45, 2.75) is 52.0 Å². The highest BCUT2D eigenvalue weighted by molar-refractivity contribution is 5.38. The third kappa shape index (κ3) is 3.78. The van der Waals surface area contributed by atoms with E-state index in [0.29, 0.717) is 18.4 Å². The van der Waals surface area contributed by atoms with Gasteiger partial charge in [-0.05, 0) is 55.3 Å². The summed E-state index contributed by atoms with van der Waals surface area (Å²) < 4.78 is 6.12. The van der Waals surface area contributed by atoms with Gasteiger partial charge in [-0.3, -0.25) is 0 Å². The molecule has 0 aliphatic heterocycles. The lowest BCUT2D eigenvalue weighted by Crippen LogP contribution is -2.55. The SMILES string of the molecule is CCNC(CO)(COc1cc(C(C)C)ccc1C)C1CC1. The van der Waals surface area contributed by atoms with E-state index >= 15 is 0 Å². The van der Waals surface area contributed by atoms with Crippen molar-refractivity contribution in [3.8, 4) is 5.75 Å². The smallest absolute Gasteiger partial charge is 0.122 e. The van der Waals surface area contributed by atoms with E-state index in [0.717, 1.165) is 17.9 Å². The maximum Gasteiger partial charge on any atom is 0.122 e. The van der Waals surface area contributed by atoms with Gasteiger partial charge in [-0.25, -0.2) is 0 Å². The van der Waals surface area contributed by atoms with Gasteiger partial charge in [-0.15, -0.1) is 0 Å². The van der Waals surface area contributed by atoms with Crippen LogP contribution >= 0.6 is 0 Å².